The van der Waals surface area contributed by atoms with Gasteiger partial charge in [-0.3, -0.25) is 9.59 Å². The first kappa shape index (κ1) is 12.9. The molecule has 18 heavy (non-hydrogen) atoms. The molecular weight excluding hydrogens is 258 g/mol. The van der Waals surface area contributed by atoms with Crippen LogP contribution in [0, 0.1) is 0 Å². The first-order chi connectivity index (χ1) is 8.54. The highest BCUT2D eigenvalue weighted by molar-refractivity contribution is 8.03. The third-order valence-corrected chi connectivity index (χ3v) is 4.10. The summed E-state index contributed by atoms with van der Waals surface area (Å²) in [6.45, 7) is 0. The van der Waals surface area contributed by atoms with E-state index in [4.69, 9.17) is 5.11 Å². The second-order valence-corrected chi connectivity index (χ2v) is 5.27. The lowest BCUT2D eigenvalue weighted by molar-refractivity contribution is -0.147. The van der Waals surface area contributed by atoms with Gasteiger partial charge in [0.05, 0.1) is 19.6 Å². The Morgan fingerprint density at radius 3 is 2.78 bits per heavy atom. The second kappa shape index (κ2) is 5.01. The number of nitrogens with zero attached hydrogens (tertiary/aromatic N) is 1. The average molecular weight is 271 g/mol. The van der Waals surface area contributed by atoms with E-state index in [1.807, 2.05) is 0 Å². The summed E-state index contributed by atoms with van der Waals surface area (Å²) in [7, 11) is 1.31. The van der Waals surface area contributed by atoms with E-state index >= 15 is 0 Å². The highest BCUT2D eigenvalue weighted by atomic mass is 32.2. The lowest BCUT2D eigenvalue weighted by atomic mass is 10.0. The Hall–Kier alpha value is -1.50. The van der Waals surface area contributed by atoms with Gasteiger partial charge in [0.25, 0.3) is 0 Å². The molecule has 98 valence electrons. The van der Waals surface area contributed by atoms with Gasteiger partial charge in [0.1, 0.15) is 5.70 Å². The van der Waals surface area contributed by atoms with E-state index in [9.17, 15) is 14.4 Å². The Balaban J connectivity index is 2.00. The van der Waals surface area contributed by atoms with Crippen LogP contribution < -0.4 is 0 Å². The van der Waals surface area contributed by atoms with Gasteiger partial charge in [-0.1, -0.05) is 0 Å². The summed E-state index contributed by atoms with van der Waals surface area (Å²) in [5.74, 6) is -1.07. The molecule has 2 aliphatic heterocycles. The van der Waals surface area contributed by atoms with Crippen LogP contribution in [0.1, 0.15) is 19.3 Å². The molecule has 1 fully saturated rings. The largest absolute Gasteiger partial charge is 0.477 e. The second-order valence-electron chi connectivity index (χ2n) is 4.08. The van der Waals surface area contributed by atoms with Gasteiger partial charge in [0, 0.05) is 23.5 Å². The number of β-lactam (4-membered cyclic amide) rings is 1. The van der Waals surface area contributed by atoms with Crippen molar-refractivity contribution in [2.45, 2.75) is 25.3 Å². The van der Waals surface area contributed by atoms with Crippen molar-refractivity contribution in [1.82, 2.24) is 4.90 Å². The highest BCUT2D eigenvalue weighted by Crippen LogP contribution is 2.42. The molecule has 0 aromatic rings. The van der Waals surface area contributed by atoms with Gasteiger partial charge in [0.2, 0.25) is 5.91 Å². The molecule has 0 aliphatic carbocycles. The summed E-state index contributed by atoms with van der Waals surface area (Å²) in [4.78, 5) is 35.5. The first-order valence-electron chi connectivity index (χ1n) is 5.52. The Morgan fingerprint density at radius 1 is 1.50 bits per heavy atom. The van der Waals surface area contributed by atoms with E-state index in [2.05, 4.69) is 4.74 Å². The fourth-order valence-electron chi connectivity index (χ4n) is 2.11. The maximum Gasteiger partial charge on any atom is 0.353 e. The Kier molecular flexibility index (Phi) is 3.60. The summed E-state index contributed by atoms with van der Waals surface area (Å²) in [6, 6.07) is 0.00391. The number of carboxylic acid groups (broad SMARTS) is 1. The van der Waals surface area contributed by atoms with Crippen LogP contribution in [-0.4, -0.2) is 46.8 Å². The fourth-order valence-corrected chi connectivity index (χ4v) is 3.26. The summed E-state index contributed by atoms with van der Waals surface area (Å²) >= 11 is 1.32. The number of hydrogen-bond acceptors (Lipinski definition) is 5. The molecule has 0 bridgehead atoms. The van der Waals surface area contributed by atoms with Crippen LogP contribution in [0.2, 0.25) is 0 Å². The van der Waals surface area contributed by atoms with E-state index in [1.54, 1.807) is 0 Å². The molecule has 1 unspecified atom stereocenters. The number of methoxy groups -OCH3 is 1. The molecule has 1 amide bonds. The van der Waals surface area contributed by atoms with Gasteiger partial charge >= 0.3 is 11.9 Å². The molecule has 1 saturated heterocycles. The smallest absolute Gasteiger partial charge is 0.353 e. The van der Waals surface area contributed by atoms with Crippen molar-refractivity contribution in [3.8, 4) is 0 Å². The standard InChI is InChI=1S/C11H13NO5S/c1-17-9(14)2-3-18-7-4-6-5-8(13)12(6)10(7)11(15)16/h6H,2-5H2,1H3,(H,15,16). The maximum absolute atomic E-state index is 11.3. The van der Waals surface area contributed by atoms with Gasteiger partial charge in [-0.2, -0.15) is 0 Å². The number of carbonyl (C=O) groups excluding carboxylic acids is 2. The number of carboxylic acids is 1. The zero-order chi connectivity index (χ0) is 13.3. The van der Waals surface area contributed by atoms with E-state index in [0.717, 1.165) is 0 Å². The maximum atomic E-state index is 11.3. The van der Waals surface area contributed by atoms with Crippen molar-refractivity contribution in [2.24, 2.45) is 0 Å². The normalized spacial score (nSPS) is 21.7. The number of thioether (sulfide) groups is 1. The van der Waals surface area contributed by atoms with Gasteiger partial charge in [-0.05, 0) is 0 Å². The monoisotopic (exact) mass is 271 g/mol. The molecule has 0 aromatic carbocycles. The Bertz CT molecular complexity index is 445. The quantitative estimate of drug-likeness (QED) is 0.582. The van der Waals surface area contributed by atoms with Gasteiger partial charge in [-0.15, -0.1) is 11.8 Å². The van der Waals surface area contributed by atoms with Crippen LogP contribution in [0.25, 0.3) is 0 Å². The predicted octanol–water partition coefficient (Wildman–Crippen LogP) is 0.583. The van der Waals surface area contributed by atoms with Crippen molar-refractivity contribution in [1.29, 1.82) is 0 Å². The molecule has 0 saturated carbocycles. The fraction of sp³-hybridized carbons (Fsp3) is 0.545. The van der Waals surface area contributed by atoms with Gasteiger partial charge < -0.3 is 14.7 Å². The van der Waals surface area contributed by atoms with Crippen molar-refractivity contribution < 1.29 is 24.2 Å². The molecule has 0 aromatic heterocycles. The first-order valence-corrected chi connectivity index (χ1v) is 6.51. The molecule has 2 rings (SSSR count). The van der Waals surface area contributed by atoms with Crippen LogP contribution in [0.15, 0.2) is 10.6 Å². The molecule has 2 heterocycles. The lowest BCUT2D eigenvalue weighted by Gasteiger charge is -2.34. The summed E-state index contributed by atoms with van der Waals surface area (Å²) in [5, 5.41) is 9.12. The molecule has 1 N–H and O–H groups in total. The van der Waals surface area contributed by atoms with Gasteiger partial charge in [0.15, 0.2) is 0 Å². The molecule has 6 nitrogen and oxygen atoms in total. The number of fused-ring (bicyclic) bond motifs is 1. The number of rotatable bonds is 5. The molecule has 1 atom stereocenters. The van der Waals surface area contributed by atoms with Crippen molar-refractivity contribution >= 4 is 29.6 Å². The zero-order valence-electron chi connectivity index (χ0n) is 9.84. The topological polar surface area (TPSA) is 83.9 Å². The molecule has 7 heteroatoms. The number of aliphatic carboxylic acids is 1. The minimum atomic E-state index is -1.08. The number of hydrogen-bond donors (Lipinski definition) is 1. The Labute approximate surface area is 108 Å². The van der Waals surface area contributed by atoms with Crippen LogP contribution in [-0.2, 0) is 19.1 Å². The highest BCUT2D eigenvalue weighted by Gasteiger charge is 2.47. The minimum absolute atomic E-state index is 0.00391. The van der Waals surface area contributed by atoms with E-state index in [0.29, 0.717) is 23.5 Å². The van der Waals surface area contributed by atoms with Crippen molar-refractivity contribution in [3.63, 3.8) is 0 Å². The van der Waals surface area contributed by atoms with Crippen LogP contribution >= 0.6 is 11.8 Å². The van der Waals surface area contributed by atoms with Crippen LogP contribution in [0.3, 0.4) is 0 Å². The number of amides is 1. The van der Waals surface area contributed by atoms with Gasteiger partial charge in [-0.25, -0.2) is 4.79 Å². The third kappa shape index (κ3) is 2.22. The molecule has 0 spiro atoms. The number of esters is 1. The predicted molar refractivity (Wildman–Crippen MR) is 63.6 cm³/mol. The minimum Gasteiger partial charge on any atom is -0.477 e. The van der Waals surface area contributed by atoms with Crippen molar-refractivity contribution in [3.05, 3.63) is 10.6 Å². The summed E-state index contributed by atoms with van der Waals surface area (Å²) in [5.41, 5.74) is 0.0890. The number of carbonyl (C=O) groups is 3. The van der Waals surface area contributed by atoms with Crippen LogP contribution in [0.4, 0.5) is 0 Å². The van der Waals surface area contributed by atoms with Crippen LogP contribution in [0.5, 0.6) is 0 Å². The van der Waals surface area contributed by atoms with E-state index < -0.39 is 5.97 Å². The van der Waals surface area contributed by atoms with Crippen molar-refractivity contribution in [2.75, 3.05) is 12.9 Å². The van der Waals surface area contributed by atoms with E-state index in [1.165, 1.54) is 23.8 Å². The zero-order valence-corrected chi connectivity index (χ0v) is 10.7. The Morgan fingerprint density at radius 2 is 2.22 bits per heavy atom. The molecular formula is C11H13NO5S. The summed E-state index contributed by atoms with van der Waals surface area (Å²) < 4.78 is 4.51. The van der Waals surface area contributed by atoms with E-state index in [-0.39, 0.29) is 30.0 Å². The average Bonchev–Trinajstić information content (AvgIpc) is 2.61. The molecule has 2 aliphatic rings. The SMILES string of the molecule is COC(=O)CCSC1=C(C(=O)O)N2C(=O)CC2C1. The molecule has 0 radical (unpaired) electrons. The number of ether oxygens (including phenoxy) is 1. The third-order valence-electron chi connectivity index (χ3n) is 2.98. The summed E-state index contributed by atoms with van der Waals surface area (Å²) in [6.07, 6.45) is 1.23. The lowest BCUT2D eigenvalue weighted by Crippen LogP contribution is -2.49.